The molecule has 0 amide bonds. The van der Waals surface area contributed by atoms with E-state index in [0.717, 1.165) is 6.29 Å². The van der Waals surface area contributed by atoms with Crippen LogP contribution in [0, 0.1) is 12.3 Å². The summed E-state index contributed by atoms with van der Waals surface area (Å²) in [7, 11) is 2.24. The van der Waals surface area contributed by atoms with Crippen LogP contribution in [0.4, 0.5) is 0 Å². The summed E-state index contributed by atoms with van der Waals surface area (Å²) in [5, 5.41) is 2.66. The Morgan fingerprint density at radius 1 is 2.00 bits per heavy atom. The van der Waals surface area contributed by atoms with Gasteiger partial charge in [0.15, 0.2) is 0 Å². The number of carbonyl (C=O) groups excluding carboxylic acids is 1. The van der Waals surface area contributed by atoms with Crippen LogP contribution < -0.4 is 5.09 Å². The first-order chi connectivity index (χ1) is 3.85. The molecule has 0 radical (unpaired) electrons. The van der Waals surface area contributed by atoms with E-state index in [4.69, 9.17) is 6.42 Å². The molecule has 2 atom stereocenters. The molecule has 0 saturated heterocycles. The van der Waals surface area contributed by atoms with Crippen LogP contribution in [0.3, 0.4) is 0 Å². The van der Waals surface area contributed by atoms with Crippen molar-refractivity contribution in [3.8, 4) is 12.3 Å². The molecule has 0 aliphatic heterocycles. The molecule has 0 aliphatic rings. The zero-order valence-corrected chi connectivity index (χ0v) is 5.58. The van der Waals surface area contributed by atoms with E-state index in [1.807, 2.05) is 0 Å². The van der Waals surface area contributed by atoms with Crippen molar-refractivity contribution in [1.29, 1.82) is 0 Å². The summed E-state index contributed by atoms with van der Waals surface area (Å²) in [5.74, 6) is 2.36. The van der Waals surface area contributed by atoms with E-state index in [0.29, 0.717) is 6.42 Å². The lowest BCUT2D eigenvalue weighted by molar-refractivity contribution is -0.109. The van der Waals surface area contributed by atoms with E-state index < -0.39 is 0 Å². The third-order valence-electron chi connectivity index (χ3n) is 0.716. The quantitative estimate of drug-likeness (QED) is 0.329. The van der Waals surface area contributed by atoms with Gasteiger partial charge in [-0.25, -0.2) is 0 Å². The van der Waals surface area contributed by atoms with Gasteiger partial charge in [0.25, 0.3) is 0 Å². The van der Waals surface area contributed by atoms with E-state index in [1.165, 1.54) is 0 Å². The number of rotatable bonds is 3. The zero-order chi connectivity index (χ0) is 6.41. The highest BCUT2D eigenvalue weighted by molar-refractivity contribution is 7.13. The maximum absolute atomic E-state index is 9.95. The van der Waals surface area contributed by atoms with E-state index in [1.54, 1.807) is 0 Å². The summed E-state index contributed by atoms with van der Waals surface area (Å²) in [5.41, 5.74) is 0. The monoisotopic (exact) mass is 129 g/mol. The summed E-state index contributed by atoms with van der Waals surface area (Å²) >= 11 is 0. The Bertz CT molecular complexity index is 107. The molecule has 3 heteroatoms. The number of hydrogen-bond acceptors (Lipinski definition) is 2. The summed E-state index contributed by atoms with van der Waals surface area (Å²) in [4.78, 5) is 9.95. The molecular formula is C5H8NOP. The minimum Gasteiger partial charge on any atom is -0.302 e. The van der Waals surface area contributed by atoms with Gasteiger partial charge in [0, 0.05) is 6.42 Å². The van der Waals surface area contributed by atoms with Crippen LogP contribution in [0.25, 0.3) is 0 Å². The molecule has 0 spiro atoms. The Balaban J connectivity index is 3.40. The fourth-order valence-corrected chi connectivity index (χ4v) is 0.470. The van der Waals surface area contributed by atoms with Gasteiger partial charge in [-0.1, -0.05) is 9.39 Å². The molecule has 0 aromatic rings. The summed E-state index contributed by atoms with van der Waals surface area (Å²) in [6.45, 7) is 0. The van der Waals surface area contributed by atoms with Crippen LogP contribution in [-0.4, -0.2) is 12.3 Å². The van der Waals surface area contributed by atoms with Crippen LogP contribution >= 0.6 is 9.39 Å². The van der Waals surface area contributed by atoms with Crippen molar-refractivity contribution in [1.82, 2.24) is 5.09 Å². The predicted octanol–water partition coefficient (Wildman–Crippen LogP) is -0.0431. The van der Waals surface area contributed by atoms with E-state index in [-0.39, 0.29) is 6.04 Å². The SMILES string of the molecule is C#CCC(C=O)NP. The minimum absolute atomic E-state index is 0.204. The largest absolute Gasteiger partial charge is 0.302 e. The standard InChI is InChI=1S/C5H8NOP/c1-2-3-5(4-7)6-8/h1,4-6H,3,8H2. The van der Waals surface area contributed by atoms with Crippen LogP contribution in [0.1, 0.15) is 6.42 Å². The molecule has 0 aromatic carbocycles. The Morgan fingerprint density at radius 2 is 2.62 bits per heavy atom. The maximum atomic E-state index is 9.95. The number of carbonyl (C=O) groups is 1. The van der Waals surface area contributed by atoms with E-state index in [9.17, 15) is 4.79 Å². The highest BCUT2D eigenvalue weighted by atomic mass is 31.0. The molecule has 0 rings (SSSR count). The normalized spacial score (nSPS) is 12.0. The fourth-order valence-electron chi connectivity index (χ4n) is 0.273. The summed E-state index contributed by atoms with van der Waals surface area (Å²) < 4.78 is 0. The van der Waals surface area contributed by atoms with Crippen molar-refractivity contribution in [2.45, 2.75) is 12.5 Å². The van der Waals surface area contributed by atoms with Gasteiger partial charge in [0.2, 0.25) is 0 Å². The molecule has 1 N–H and O–H groups in total. The molecule has 2 nitrogen and oxygen atoms in total. The van der Waals surface area contributed by atoms with Crippen LogP contribution in [-0.2, 0) is 4.79 Å². The smallest absolute Gasteiger partial charge is 0.138 e. The Hall–Kier alpha value is -0.380. The van der Waals surface area contributed by atoms with Gasteiger partial charge < -0.3 is 4.79 Å². The highest BCUT2D eigenvalue weighted by Gasteiger charge is 1.97. The molecule has 44 valence electrons. The first-order valence-corrected chi connectivity index (χ1v) is 2.77. The first-order valence-electron chi connectivity index (χ1n) is 2.20. The van der Waals surface area contributed by atoms with Gasteiger partial charge in [-0.3, -0.25) is 5.09 Å². The fraction of sp³-hybridized carbons (Fsp3) is 0.400. The molecule has 0 bridgehead atoms. The second kappa shape index (κ2) is 4.77. The second-order valence-electron chi connectivity index (χ2n) is 1.32. The number of nitrogens with one attached hydrogen (secondary N) is 1. The van der Waals surface area contributed by atoms with Crippen molar-refractivity contribution in [2.75, 3.05) is 0 Å². The molecule has 0 aliphatic carbocycles. The van der Waals surface area contributed by atoms with Gasteiger partial charge in [0.1, 0.15) is 6.29 Å². The molecule has 0 fully saturated rings. The van der Waals surface area contributed by atoms with E-state index >= 15 is 0 Å². The third-order valence-corrected chi connectivity index (χ3v) is 1.14. The van der Waals surface area contributed by atoms with Gasteiger partial charge in [-0.05, 0) is 0 Å². The van der Waals surface area contributed by atoms with Crippen LogP contribution in [0.15, 0.2) is 0 Å². The molecule has 0 aromatic heterocycles. The molecule has 0 saturated carbocycles. The number of aldehydes is 1. The number of terminal acetylenes is 1. The topological polar surface area (TPSA) is 29.1 Å². The molecule has 0 heterocycles. The lowest BCUT2D eigenvalue weighted by Crippen LogP contribution is -2.20. The zero-order valence-electron chi connectivity index (χ0n) is 4.42. The summed E-state index contributed by atoms with van der Waals surface area (Å²) in [6.07, 6.45) is 6.16. The summed E-state index contributed by atoms with van der Waals surface area (Å²) in [6, 6.07) is -0.204. The minimum atomic E-state index is -0.204. The van der Waals surface area contributed by atoms with Crippen molar-refractivity contribution in [3.05, 3.63) is 0 Å². The molecular weight excluding hydrogens is 121 g/mol. The van der Waals surface area contributed by atoms with Gasteiger partial charge in [0.05, 0.1) is 6.04 Å². The third kappa shape index (κ3) is 2.74. The Labute approximate surface area is 51.3 Å². The van der Waals surface area contributed by atoms with Crippen molar-refractivity contribution < 1.29 is 4.79 Å². The van der Waals surface area contributed by atoms with Crippen molar-refractivity contribution in [3.63, 3.8) is 0 Å². The average Bonchev–Trinajstić information content (AvgIpc) is 1.83. The number of hydrogen-bond donors (Lipinski definition) is 1. The van der Waals surface area contributed by atoms with E-state index in [2.05, 4.69) is 20.4 Å². The highest BCUT2D eigenvalue weighted by Crippen LogP contribution is 1.86. The van der Waals surface area contributed by atoms with Crippen LogP contribution in [0.2, 0.25) is 0 Å². The lowest BCUT2D eigenvalue weighted by atomic mass is 10.3. The lowest BCUT2D eigenvalue weighted by Gasteiger charge is -2.00. The van der Waals surface area contributed by atoms with Gasteiger partial charge in [-0.15, -0.1) is 12.3 Å². The Kier molecular flexibility index (Phi) is 4.54. The van der Waals surface area contributed by atoms with Crippen molar-refractivity contribution in [2.24, 2.45) is 0 Å². The van der Waals surface area contributed by atoms with Crippen LogP contribution in [0.5, 0.6) is 0 Å². The van der Waals surface area contributed by atoms with Gasteiger partial charge >= 0.3 is 0 Å². The Morgan fingerprint density at radius 3 is 2.75 bits per heavy atom. The average molecular weight is 129 g/mol. The first kappa shape index (κ1) is 7.62. The molecule has 8 heavy (non-hydrogen) atoms. The molecule has 2 unspecified atom stereocenters. The maximum Gasteiger partial charge on any atom is 0.138 e. The van der Waals surface area contributed by atoms with Crippen molar-refractivity contribution >= 4 is 15.7 Å². The van der Waals surface area contributed by atoms with Gasteiger partial charge in [-0.2, -0.15) is 0 Å². The predicted molar refractivity (Wildman–Crippen MR) is 36.1 cm³/mol. The second-order valence-corrected chi connectivity index (χ2v) is 1.65.